The summed E-state index contributed by atoms with van der Waals surface area (Å²) in [5.74, 6) is 0.956. The summed E-state index contributed by atoms with van der Waals surface area (Å²) in [5.41, 5.74) is 7.82. The Morgan fingerprint density at radius 1 is 1.06 bits per heavy atom. The van der Waals surface area contributed by atoms with Gasteiger partial charge in [-0.05, 0) is 71.5 Å². The van der Waals surface area contributed by atoms with Gasteiger partial charge in [-0.3, -0.25) is 4.79 Å². The van der Waals surface area contributed by atoms with E-state index in [4.69, 9.17) is 9.47 Å². The van der Waals surface area contributed by atoms with Gasteiger partial charge in [0.05, 0.1) is 29.7 Å². The van der Waals surface area contributed by atoms with Gasteiger partial charge >= 0.3 is 0 Å². The fraction of sp³-hybridized carbons (Fsp3) is 0.115. The molecule has 0 aliphatic rings. The molecular formula is C26H23IN4O3S. The van der Waals surface area contributed by atoms with Crippen LogP contribution in [0.1, 0.15) is 21.5 Å². The molecule has 35 heavy (non-hydrogen) atoms. The van der Waals surface area contributed by atoms with Crippen LogP contribution in [0.4, 0.5) is 10.8 Å². The average Bonchev–Trinajstić information content (AvgIpc) is 3.33. The second-order valence-electron chi connectivity index (χ2n) is 7.54. The number of nitrogens with zero attached hydrogens (tertiary/aromatic N) is 2. The normalized spacial score (nSPS) is 10.9. The maximum absolute atomic E-state index is 12.5. The molecule has 1 amide bonds. The van der Waals surface area contributed by atoms with Crippen LogP contribution in [0.25, 0.3) is 11.3 Å². The average molecular weight is 598 g/mol. The Kier molecular flexibility index (Phi) is 7.98. The number of amides is 1. The summed E-state index contributed by atoms with van der Waals surface area (Å²) in [6.07, 6.45) is 1.56. The lowest BCUT2D eigenvalue weighted by atomic mass is 10.1. The largest absolute Gasteiger partial charge is 0.493 e. The standard InChI is InChI=1S/C26H23IN4O3S/c1-16-4-10-20(11-5-16)29-26-30-22(15-35-26)18-6-8-19(9-7-18)25(32)31-28-14-17-12-21(27)24(34-3)23(13-17)33-2/h4-15H,1-3H3,(H,29,30)(H,31,32)/b28-14-. The van der Waals surface area contributed by atoms with E-state index < -0.39 is 0 Å². The van der Waals surface area contributed by atoms with Crippen LogP contribution < -0.4 is 20.2 Å². The molecule has 0 fully saturated rings. The fourth-order valence-corrected chi connectivity index (χ4v) is 4.84. The third-order valence-corrected chi connectivity index (χ3v) is 6.64. The molecular weight excluding hydrogens is 575 g/mol. The highest BCUT2D eigenvalue weighted by Crippen LogP contribution is 2.33. The van der Waals surface area contributed by atoms with Crippen LogP contribution in [-0.2, 0) is 0 Å². The fourth-order valence-electron chi connectivity index (χ4n) is 3.26. The van der Waals surface area contributed by atoms with Gasteiger partial charge in [0, 0.05) is 22.2 Å². The summed E-state index contributed by atoms with van der Waals surface area (Å²) in [7, 11) is 3.17. The summed E-state index contributed by atoms with van der Waals surface area (Å²) < 4.78 is 11.6. The Balaban J connectivity index is 1.38. The van der Waals surface area contributed by atoms with Crippen molar-refractivity contribution in [1.82, 2.24) is 10.4 Å². The first kappa shape index (κ1) is 24.7. The highest BCUT2D eigenvalue weighted by atomic mass is 127. The predicted molar refractivity (Wildman–Crippen MR) is 149 cm³/mol. The predicted octanol–water partition coefficient (Wildman–Crippen LogP) is 6.25. The minimum absolute atomic E-state index is 0.303. The lowest BCUT2D eigenvalue weighted by Crippen LogP contribution is -2.17. The van der Waals surface area contributed by atoms with Crippen LogP contribution in [0.15, 0.2) is 71.1 Å². The van der Waals surface area contributed by atoms with Crippen LogP contribution in [-0.4, -0.2) is 31.3 Å². The lowest BCUT2D eigenvalue weighted by molar-refractivity contribution is 0.0955. The molecule has 0 aliphatic carbocycles. The van der Waals surface area contributed by atoms with Gasteiger partial charge in [0.2, 0.25) is 0 Å². The Bertz CT molecular complexity index is 1350. The first-order valence-corrected chi connectivity index (χ1v) is 12.6. The van der Waals surface area contributed by atoms with E-state index in [1.165, 1.54) is 16.9 Å². The van der Waals surface area contributed by atoms with Crippen molar-refractivity contribution in [2.45, 2.75) is 6.92 Å². The van der Waals surface area contributed by atoms with Gasteiger partial charge in [0.1, 0.15) is 0 Å². The number of rotatable bonds is 8. The second kappa shape index (κ2) is 11.3. The quantitative estimate of drug-likeness (QED) is 0.142. The maximum atomic E-state index is 12.5. The molecule has 0 saturated heterocycles. The van der Waals surface area contributed by atoms with Gasteiger partial charge in [0.15, 0.2) is 16.6 Å². The zero-order chi connectivity index (χ0) is 24.8. The maximum Gasteiger partial charge on any atom is 0.271 e. The highest BCUT2D eigenvalue weighted by molar-refractivity contribution is 14.1. The number of nitrogens with one attached hydrogen (secondary N) is 2. The Morgan fingerprint density at radius 3 is 2.49 bits per heavy atom. The number of methoxy groups -OCH3 is 2. The molecule has 7 nitrogen and oxygen atoms in total. The highest BCUT2D eigenvalue weighted by Gasteiger charge is 2.10. The van der Waals surface area contributed by atoms with Crippen molar-refractivity contribution in [2.75, 3.05) is 19.5 Å². The molecule has 178 valence electrons. The van der Waals surface area contributed by atoms with E-state index in [0.29, 0.717) is 17.1 Å². The molecule has 3 aromatic carbocycles. The number of hydrazone groups is 1. The topological polar surface area (TPSA) is 84.8 Å². The van der Waals surface area contributed by atoms with E-state index in [2.05, 4.69) is 62.5 Å². The molecule has 0 aliphatic heterocycles. The number of anilines is 2. The van der Waals surface area contributed by atoms with Crippen molar-refractivity contribution in [3.63, 3.8) is 0 Å². The molecule has 1 heterocycles. The van der Waals surface area contributed by atoms with Crippen molar-refractivity contribution >= 4 is 56.9 Å². The van der Waals surface area contributed by atoms with E-state index in [0.717, 1.165) is 31.2 Å². The number of aromatic nitrogens is 1. The van der Waals surface area contributed by atoms with Gasteiger partial charge in [-0.15, -0.1) is 11.3 Å². The number of carbonyl (C=O) groups is 1. The third-order valence-electron chi connectivity index (χ3n) is 5.09. The summed E-state index contributed by atoms with van der Waals surface area (Å²) in [6, 6.07) is 19.1. The van der Waals surface area contributed by atoms with Crippen molar-refractivity contribution in [3.05, 3.63) is 86.3 Å². The van der Waals surface area contributed by atoms with Crippen LogP contribution >= 0.6 is 33.9 Å². The van der Waals surface area contributed by atoms with Crippen LogP contribution in [0.2, 0.25) is 0 Å². The lowest BCUT2D eigenvalue weighted by Gasteiger charge is -2.10. The van der Waals surface area contributed by atoms with Gasteiger partial charge < -0.3 is 14.8 Å². The first-order chi connectivity index (χ1) is 17.0. The smallest absolute Gasteiger partial charge is 0.271 e. The van der Waals surface area contributed by atoms with Crippen molar-refractivity contribution in [2.24, 2.45) is 5.10 Å². The Morgan fingerprint density at radius 2 is 1.80 bits per heavy atom. The Hall–Kier alpha value is -3.44. The van der Waals surface area contributed by atoms with Crippen LogP contribution in [0.3, 0.4) is 0 Å². The number of aryl methyl sites for hydroxylation is 1. The number of hydrogen-bond acceptors (Lipinski definition) is 7. The van der Waals surface area contributed by atoms with Crippen molar-refractivity contribution in [1.29, 1.82) is 0 Å². The molecule has 0 radical (unpaired) electrons. The molecule has 0 saturated carbocycles. The molecule has 0 unspecified atom stereocenters. The molecule has 0 spiro atoms. The zero-order valence-electron chi connectivity index (χ0n) is 19.3. The molecule has 4 rings (SSSR count). The van der Waals surface area contributed by atoms with E-state index >= 15 is 0 Å². The summed E-state index contributed by atoms with van der Waals surface area (Å²) >= 11 is 3.69. The molecule has 0 atom stereocenters. The first-order valence-electron chi connectivity index (χ1n) is 10.6. The summed E-state index contributed by atoms with van der Waals surface area (Å²) in [5, 5.41) is 10.2. The number of benzene rings is 3. The minimum Gasteiger partial charge on any atom is -0.493 e. The SMILES string of the molecule is COc1cc(/C=N\NC(=O)c2ccc(-c3csc(Nc4ccc(C)cc4)n3)cc2)cc(I)c1OC. The van der Waals surface area contributed by atoms with E-state index in [1.54, 1.807) is 38.6 Å². The van der Waals surface area contributed by atoms with Gasteiger partial charge in [0.25, 0.3) is 5.91 Å². The molecule has 2 N–H and O–H groups in total. The molecule has 1 aromatic heterocycles. The monoisotopic (exact) mass is 598 g/mol. The molecule has 4 aromatic rings. The Labute approximate surface area is 221 Å². The van der Waals surface area contributed by atoms with Crippen LogP contribution in [0, 0.1) is 10.5 Å². The van der Waals surface area contributed by atoms with Gasteiger partial charge in [-0.2, -0.15) is 5.10 Å². The number of ether oxygens (including phenoxy) is 2. The summed E-state index contributed by atoms with van der Waals surface area (Å²) in [6.45, 7) is 2.06. The van der Waals surface area contributed by atoms with Crippen molar-refractivity contribution < 1.29 is 14.3 Å². The number of halogens is 1. The number of thiazole rings is 1. The van der Waals surface area contributed by atoms with E-state index in [9.17, 15) is 4.79 Å². The second-order valence-corrected chi connectivity index (χ2v) is 9.56. The third kappa shape index (κ3) is 6.17. The zero-order valence-corrected chi connectivity index (χ0v) is 22.3. The van der Waals surface area contributed by atoms with Crippen LogP contribution in [0.5, 0.6) is 11.5 Å². The number of hydrogen-bond donors (Lipinski definition) is 2. The van der Waals surface area contributed by atoms with E-state index in [-0.39, 0.29) is 5.91 Å². The molecule has 0 bridgehead atoms. The minimum atomic E-state index is -0.303. The molecule has 9 heteroatoms. The van der Waals surface area contributed by atoms with Gasteiger partial charge in [-0.1, -0.05) is 29.8 Å². The van der Waals surface area contributed by atoms with Gasteiger partial charge in [-0.25, -0.2) is 10.4 Å². The van der Waals surface area contributed by atoms with Crippen molar-refractivity contribution in [3.8, 4) is 22.8 Å². The number of carbonyl (C=O) groups excluding carboxylic acids is 1. The van der Waals surface area contributed by atoms with E-state index in [1.807, 2.05) is 35.7 Å². The summed E-state index contributed by atoms with van der Waals surface area (Å²) in [4.78, 5) is 17.2.